The third-order valence-corrected chi connectivity index (χ3v) is 4.71. The van der Waals surface area contributed by atoms with Crippen molar-refractivity contribution >= 4 is 17.3 Å². The molecule has 1 amide bonds. The number of amides is 1. The Balaban J connectivity index is 1.62. The van der Waals surface area contributed by atoms with Crippen LogP contribution in [0.4, 0.5) is 24.5 Å². The molecule has 1 aliphatic heterocycles. The lowest BCUT2D eigenvalue weighted by atomic mass is 10.1. The van der Waals surface area contributed by atoms with Crippen molar-refractivity contribution < 1.29 is 27.8 Å². The summed E-state index contributed by atoms with van der Waals surface area (Å²) in [6, 6.07) is 11.3. The Bertz CT molecular complexity index is 855. The molecule has 2 aromatic carbocycles. The fourth-order valence-corrected chi connectivity index (χ4v) is 3.17. The van der Waals surface area contributed by atoms with Crippen LogP contribution in [0.1, 0.15) is 15.9 Å². The maximum Gasteiger partial charge on any atom is 0.416 e. The minimum atomic E-state index is -4.45. The quantitative estimate of drug-likeness (QED) is 0.639. The topological polar surface area (TPSA) is 73.8 Å². The summed E-state index contributed by atoms with van der Waals surface area (Å²) in [5, 5.41) is 15.7. The number of nitrogens with zero attached hydrogens (tertiary/aromatic N) is 1. The third-order valence-electron chi connectivity index (χ3n) is 4.71. The van der Waals surface area contributed by atoms with Gasteiger partial charge in [0.25, 0.3) is 5.91 Å². The van der Waals surface area contributed by atoms with Crippen LogP contribution < -0.4 is 10.6 Å². The lowest BCUT2D eigenvalue weighted by molar-refractivity contribution is -0.137. The molecule has 0 saturated carbocycles. The molecule has 0 spiro atoms. The van der Waals surface area contributed by atoms with Crippen molar-refractivity contribution in [2.75, 3.05) is 44.7 Å². The number of hydrogen-bond donors (Lipinski definition) is 3. The third kappa shape index (κ3) is 6.19. The predicted octanol–water partition coefficient (Wildman–Crippen LogP) is 2.87. The molecule has 3 N–H and O–H groups in total. The van der Waals surface area contributed by atoms with E-state index in [1.54, 1.807) is 24.3 Å². The van der Waals surface area contributed by atoms with Gasteiger partial charge in [-0.1, -0.05) is 18.2 Å². The van der Waals surface area contributed by atoms with Crippen LogP contribution in [-0.4, -0.2) is 61.4 Å². The summed E-state index contributed by atoms with van der Waals surface area (Å²) >= 11 is 0. The van der Waals surface area contributed by atoms with Gasteiger partial charge >= 0.3 is 6.18 Å². The van der Waals surface area contributed by atoms with E-state index in [4.69, 9.17) is 4.74 Å². The van der Waals surface area contributed by atoms with Gasteiger partial charge in [-0.05, 0) is 30.3 Å². The van der Waals surface area contributed by atoms with E-state index in [1.807, 2.05) is 0 Å². The van der Waals surface area contributed by atoms with Crippen LogP contribution in [0.5, 0.6) is 0 Å². The molecule has 6 nitrogen and oxygen atoms in total. The number of carbonyl (C=O) groups excluding carboxylic acids is 1. The van der Waals surface area contributed by atoms with Gasteiger partial charge in [-0.2, -0.15) is 13.2 Å². The Morgan fingerprint density at radius 1 is 1.13 bits per heavy atom. The zero-order chi connectivity index (χ0) is 21.6. The molecule has 0 bridgehead atoms. The van der Waals surface area contributed by atoms with Gasteiger partial charge in [-0.3, -0.25) is 9.69 Å². The Hall–Kier alpha value is -2.62. The fraction of sp³-hybridized carbons (Fsp3) is 0.381. The Morgan fingerprint density at radius 2 is 1.87 bits per heavy atom. The first kappa shape index (κ1) is 22.1. The molecule has 30 heavy (non-hydrogen) atoms. The molecule has 0 aliphatic carbocycles. The lowest BCUT2D eigenvalue weighted by Gasteiger charge is -2.28. The molecule has 0 aromatic heterocycles. The number of alkyl halides is 3. The zero-order valence-corrected chi connectivity index (χ0v) is 16.3. The van der Waals surface area contributed by atoms with Crippen LogP contribution >= 0.6 is 0 Å². The molecule has 9 heteroatoms. The number of morpholine rings is 1. The minimum Gasteiger partial charge on any atom is -0.390 e. The minimum absolute atomic E-state index is 0.0636. The number of para-hydroxylation sites is 1. The van der Waals surface area contributed by atoms with Crippen LogP contribution in [-0.2, 0) is 10.9 Å². The second kappa shape index (κ2) is 9.92. The zero-order valence-electron chi connectivity index (χ0n) is 16.3. The van der Waals surface area contributed by atoms with Gasteiger partial charge in [0, 0.05) is 31.9 Å². The predicted molar refractivity (Wildman–Crippen MR) is 107 cm³/mol. The van der Waals surface area contributed by atoms with Gasteiger partial charge in [-0.15, -0.1) is 0 Å². The van der Waals surface area contributed by atoms with E-state index in [1.165, 1.54) is 12.1 Å². The number of rotatable bonds is 7. The molecule has 1 heterocycles. The number of aliphatic hydroxyl groups is 1. The summed E-state index contributed by atoms with van der Waals surface area (Å²) in [5.74, 6) is -0.425. The Morgan fingerprint density at radius 3 is 2.60 bits per heavy atom. The van der Waals surface area contributed by atoms with E-state index in [2.05, 4.69) is 15.5 Å². The standard InChI is InChI=1S/C21H24F3N3O3/c22-21(23,24)15-4-3-5-16(12-15)26-19-7-2-1-6-18(19)20(29)25-13-17(28)14-27-8-10-30-11-9-27/h1-7,12,17,26,28H,8-11,13-14H2,(H,25,29). The van der Waals surface area contributed by atoms with Gasteiger partial charge in [-0.25, -0.2) is 0 Å². The molecule has 3 rings (SSSR count). The van der Waals surface area contributed by atoms with Crippen molar-refractivity contribution in [1.29, 1.82) is 0 Å². The summed E-state index contributed by atoms with van der Waals surface area (Å²) in [4.78, 5) is 14.7. The number of ether oxygens (including phenoxy) is 1. The van der Waals surface area contributed by atoms with Crippen LogP contribution in [0, 0.1) is 0 Å². The normalized spacial score (nSPS) is 16.1. The number of anilines is 2. The van der Waals surface area contributed by atoms with E-state index >= 15 is 0 Å². The smallest absolute Gasteiger partial charge is 0.390 e. The van der Waals surface area contributed by atoms with Gasteiger partial charge in [0.05, 0.1) is 36.1 Å². The van der Waals surface area contributed by atoms with E-state index in [-0.39, 0.29) is 17.8 Å². The average Bonchev–Trinajstić information content (AvgIpc) is 2.73. The molecular formula is C21H24F3N3O3. The highest BCUT2D eigenvalue weighted by Gasteiger charge is 2.30. The molecule has 162 valence electrons. The number of aliphatic hydroxyl groups excluding tert-OH is 1. The molecular weight excluding hydrogens is 399 g/mol. The number of β-amino-alcohol motifs (C(OH)–C–C–N with tert-alkyl or cyclic N) is 1. The molecule has 1 fully saturated rings. The average molecular weight is 423 g/mol. The van der Waals surface area contributed by atoms with Gasteiger partial charge < -0.3 is 20.5 Å². The number of halogens is 3. The highest BCUT2D eigenvalue weighted by atomic mass is 19.4. The van der Waals surface area contributed by atoms with Gasteiger partial charge in [0.1, 0.15) is 0 Å². The first-order chi connectivity index (χ1) is 14.3. The van der Waals surface area contributed by atoms with Gasteiger partial charge in [0.15, 0.2) is 0 Å². The summed E-state index contributed by atoms with van der Waals surface area (Å²) in [6.07, 6.45) is -5.19. The molecule has 2 aromatic rings. The molecule has 1 unspecified atom stereocenters. The van der Waals surface area contributed by atoms with Crippen molar-refractivity contribution in [3.8, 4) is 0 Å². The maximum absolute atomic E-state index is 12.9. The van der Waals surface area contributed by atoms with Crippen molar-refractivity contribution in [3.63, 3.8) is 0 Å². The van der Waals surface area contributed by atoms with Crippen molar-refractivity contribution in [2.24, 2.45) is 0 Å². The highest BCUT2D eigenvalue weighted by molar-refractivity contribution is 6.00. The molecule has 1 aliphatic rings. The Kier molecular flexibility index (Phi) is 7.30. The number of nitrogens with one attached hydrogen (secondary N) is 2. The first-order valence-electron chi connectivity index (χ1n) is 9.62. The first-order valence-corrected chi connectivity index (χ1v) is 9.62. The molecule has 0 radical (unpaired) electrons. The van der Waals surface area contributed by atoms with Crippen molar-refractivity contribution in [3.05, 3.63) is 59.7 Å². The van der Waals surface area contributed by atoms with Crippen molar-refractivity contribution in [1.82, 2.24) is 10.2 Å². The van der Waals surface area contributed by atoms with E-state index < -0.39 is 23.8 Å². The summed E-state index contributed by atoms with van der Waals surface area (Å²) < 4.78 is 44.1. The fourth-order valence-electron chi connectivity index (χ4n) is 3.17. The van der Waals surface area contributed by atoms with E-state index in [0.717, 1.165) is 25.2 Å². The number of hydrogen-bond acceptors (Lipinski definition) is 5. The van der Waals surface area contributed by atoms with Crippen LogP contribution in [0.25, 0.3) is 0 Å². The Labute approximate surface area is 172 Å². The van der Waals surface area contributed by atoms with Crippen LogP contribution in [0.15, 0.2) is 48.5 Å². The summed E-state index contributed by atoms with van der Waals surface area (Å²) in [5.41, 5.74) is 0.0866. The van der Waals surface area contributed by atoms with Crippen LogP contribution in [0.3, 0.4) is 0 Å². The second-order valence-electron chi connectivity index (χ2n) is 7.03. The molecule has 1 saturated heterocycles. The van der Waals surface area contributed by atoms with Crippen molar-refractivity contribution in [2.45, 2.75) is 12.3 Å². The second-order valence-corrected chi connectivity index (χ2v) is 7.03. The van der Waals surface area contributed by atoms with Gasteiger partial charge in [0.2, 0.25) is 0 Å². The SMILES string of the molecule is O=C(NCC(O)CN1CCOCC1)c1ccccc1Nc1cccc(C(F)(F)F)c1. The lowest BCUT2D eigenvalue weighted by Crippen LogP contribution is -2.44. The van der Waals surface area contributed by atoms with E-state index in [9.17, 15) is 23.1 Å². The molecule has 1 atom stereocenters. The monoisotopic (exact) mass is 423 g/mol. The summed E-state index contributed by atoms with van der Waals surface area (Å²) in [6.45, 7) is 3.19. The number of carbonyl (C=O) groups is 1. The highest BCUT2D eigenvalue weighted by Crippen LogP contribution is 2.31. The van der Waals surface area contributed by atoms with E-state index in [0.29, 0.717) is 25.4 Å². The maximum atomic E-state index is 12.9. The largest absolute Gasteiger partial charge is 0.416 e. The number of benzene rings is 2. The van der Waals surface area contributed by atoms with Crippen LogP contribution in [0.2, 0.25) is 0 Å². The summed E-state index contributed by atoms with van der Waals surface area (Å²) in [7, 11) is 0.